The van der Waals surface area contributed by atoms with E-state index in [0.29, 0.717) is 17.2 Å². The Hall–Kier alpha value is -4.59. The van der Waals surface area contributed by atoms with Crippen LogP contribution < -0.4 is 18.9 Å². The standard InChI is InChI=1S/C26H22N2O6/c1-30-23-16-24(31-2)28-26(27-23)34-22-15-9-8-14-21(22)33-20-13-7-6-12-19(20)25(29)32-17-18-10-4-3-5-11-18/h3-16H,17H2,1-2H3. The number of rotatable bonds is 9. The molecule has 0 atom stereocenters. The number of hydrogen-bond acceptors (Lipinski definition) is 8. The Kier molecular flexibility index (Phi) is 7.19. The molecule has 4 rings (SSSR count). The zero-order valence-corrected chi connectivity index (χ0v) is 18.6. The van der Waals surface area contributed by atoms with Crippen LogP contribution in [0, 0.1) is 0 Å². The molecule has 0 saturated heterocycles. The van der Waals surface area contributed by atoms with E-state index >= 15 is 0 Å². The number of carbonyl (C=O) groups excluding carboxylic acids is 1. The lowest BCUT2D eigenvalue weighted by Crippen LogP contribution is -2.07. The van der Waals surface area contributed by atoms with E-state index < -0.39 is 5.97 Å². The van der Waals surface area contributed by atoms with Crippen molar-refractivity contribution >= 4 is 5.97 Å². The van der Waals surface area contributed by atoms with Crippen molar-refractivity contribution in [1.29, 1.82) is 0 Å². The highest BCUT2D eigenvalue weighted by atomic mass is 16.5. The van der Waals surface area contributed by atoms with Crippen LogP contribution in [0.2, 0.25) is 0 Å². The average Bonchev–Trinajstić information content (AvgIpc) is 2.89. The van der Waals surface area contributed by atoms with E-state index in [1.54, 1.807) is 48.5 Å². The molecule has 8 nitrogen and oxygen atoms in total. The third-order valence-electron chi connectivity index (χ3n) is 4.67. The maximum absolute atomic E-state index is 12.8. The first-order valence-electron chi connectivity index (χ1n) is 10.4. The predicted molar refractivity (Wildman–Crippen MR) is 124 cm³/mol. The molecule has 3 aromatic carbocycles. The number of nitrogens with zero attached hydrogens (tertiary/aromatic N) is 2. The molecule has 34 heavy (non-hydrogen) atoms. The molecule has 172 valence electrons. The number of aromatic nitrogens is 2. The second-order valence-electron chi connectivity index (χ2n) is 6.94. The molecule has 0 N–H and O–H groups in total. The maximum Gasteiger partial charge on any atom is 0.342 e. The minimum atomic E-state index is -0.501. The monoisotopic (exact) mass is 458 g/mol. The zero-order chi connectivity index (χ0) is 23.8. The quantitative estimate of drug-likeness (QED) is 0.307. The van der Waals surface area contributed by atoms with Gasteiger partial charge in [-0.1, -0.05) is 54.6 Å². The number of hydrogen-bond donors (Lipinski definition) is 0. The van der Waals surface area contributed by atoms with Crippen molar-refractivity contribution in [3.8, 4) is 35.0 Å². The number of ether oxygens (including phenoxy) is 5. The summed E-state index contributed by atoms with van der Waals surface area (Å²) in [7, 11) is 2.97. The van der Waals surface area contributed by atoms with E-state index in [-0.39, 0.29) is 29.9 Å². The first-order valence-corrected chi connectivity index (χ1v) is 10.4. The summed E-state index contributed by atoms with van der Waals surface area (Å²) in [6.45, 7) is 0.155. The molecule has 0 spiro atoms. The topological polar surface area (TPSA) is 89.0 Å². The van der Waals surface area contributed by atoms with Crippen LogP contribution >= 0.6 is 0 Å². The van der Waals surface area contributed by atoms with Crippen molar-refractivity contribution in [2.75, 3.05) is 14.2 Å². The van der Waals surface area contributed by atoms with Crippen LogP contribution in [0.4, 0.5) is 0 Å². The molecule has 4 aromatic rings. The second kappa shape index (κ2) is 10.8. The highest BCUT2D eigenvalue weighted by Crippen LogP contribution is 2.36. The van der Waals surface area contributed by atoms with Gasteiger partial charge in [-0.3, -0.25) is 0 Å². The molecule has 1 heterocycles. The molecule has 0 aliphatic rings. The molecule has 8 heteroatoms. The predicted octanol–water partition coefficient (Wildman–Crippen LogP) is 5.44. The van der Waals surface area contributed by atoms with Gasteiger partial charge in [0.05, 0.1) is 20.3 Å². The summed E-state index contributed by atoms with van der Waals surface area (Å²) >= 11 is 0. The van der Waals surface area contributed by atoms with Gasteiger partial charge in [0.25, 0.3) is 0 Å². The van der Waals surface area contributed by atoms with Gasteiger partial charge in [-0.15, -0.1) is 0 Å². The Morgan fingerprint density at radius 3 is 1.91 bits per heavy atom. The zero-order valence-electron chi connectivity index (χ0n) is 18.6. The van der Waals surface area contributed by atoms with Crippen molar-refractivity contribution in [3.63, 3.8) is 0 Å². The Morgan fingerprint density at radius 2 is 1.26 bits per heavy atom. The first kappa shape index (κ1) is 22.6. The molecule has 0 radical (unpaired) electrons. The van der Waals surface area contributed by atoms with Crippen LogP contribution in [0.5, 0.6) is 35.0 Å². The van der Waals surface area contributed by atoms with Crippen molar-refractivity contribution in [3.05, 3.63) is 96.1 Å². The minimum absolute atomic E-state index is 0.0165. The van der Waals surface area contributed by atoms with E-state index in [1.807, 2.05) is 30.3 Å². The fourth-order valence-corrected chi connectivity index (χ4v) is 3.00. The Balaban J connectivity index is 1.55. The lowest BCUT2D eigenvalue weighted by atomic mass is 10.2. The van der Waals surface area contributed by atoms with E-state index in [1.165, 1.54) is 20.3 Å². The smallest absolute Gasteiger partial charge is 0.342 e. The molecule has 1 aromatic heterocycles. The normalized spacial score (nSPS) is 10.3. The largest absolute Gasteiger partial charge is 0.481 e. The molecule has 0 amide bonds. The molecule has 0 unspecified atom stereocenters. The third-order valence-corrected chi connectivity index (χ3v) is 4.67. The van der Waals surface area contributed by atoms with Gasteiger partial charge in [-0.05, 0) is 29.8 Å². The maximum atomic E-state index is 12.8. The average molecular weight is 458 g/mol. The van der Waals surface area contributed by atoms with Gasteiger partial charge in [0.1, 0.15) is 17.9 Å². The molecular weight excluding hydrogens is 436 g/mol. The highest BCUT2D eigenvalue weighted by molar-refractivity contribution is 5.92. The second-order valence-corrected chi connectivity index (χ2v) is 6.94. The Labute approximate surface area is 196 Å². The molecule has 0 aliphatic heterocycles. The summed E-state index contributed by atoms with van der Waals surface area (Å²) in [4.78, 5) is 21.1. The summed E-state index contributed by atoms with van der Waals surface area (Å²) in [6, 6.07) is 24.8. The van der Waals surface area contributed by atoms with E-state index in [4.69, 9.17) is 23.7 Å². The molecule has 0 fully saturated rings. The van der Waals surface area contributed by atoms with E-state index in [9.17, 15) is 4.79 Å². The van der Waals surface area contributed by atoms with Gasteiger partial charge in [0, 0.05) is 0 Å². The Morgan fingerprint density at radius 1 is 0.706 bits per heavy atom. The number of carbonyl (C=O) groups is 1. The van der Waals surface area contributed by atoms with Crippen molar-refractivity contribution in [2.45, 2.75) is 6.61 Å². The molecule has 0 aliphatic carbocycles. The first-order chi connectivity index (χ1) is 16.7. The van der Waals surface area contributed by atoms with Crippen LogP contribution in [-0.4, -0.2) is 30.2 Å². The van der Waals surface area contributed by atoms with Crippen LogP contribution in [-0.2, 0) is 11.3 Å². The Bertz CT molecular complexity index is 1240. The van der Waals surface area contributed by atoms with Crippen molar-refractivity contribution in [1.82, 2.24) is 9.97 Å². The van der Waals surface area contributed by atoms with E-state index in [0.717, 1.165) is 5.56 Å². The summed E-state index contributed by atoms with van der Waals surface area (Å²) in [5.41, 5.74) is 1.18. The number of methoxy groups -OCH3 is 2. The van der Waals surface area contributed by atoms with Gasteiger partial charge >= 0.3 is 12.0 Å². The number of esters is 1. The van der Waals surface area contributed by atoms with Gasteiger partial charge < -0.3 is 23.7 Å². The SMILES string of the molecule is COc1cc(OC)nc(Oc2ccccc2Oc2ccccc2C(=O)OCc2ccccc2)n1. The number of benzene rings is 3. The lowest BCUT2D eigenvalue weighted by Gasteiger charge is -2.14. The van der Waals surface area contributed by atoms with Gasteiger partial charge in [-0.25, -0.2) is 4.79 Å². The third kappa shape index (κ3) is 5.60. The van der Waals surface area contributed by atoms with Crippen molar-refractivity contribution in [2.24, 2.45) is 0 Å². The fraction of sp³-hybridized carbons (Fsp3) is 0.115. The van der Waals surface area contributed by atoms with Crippen LogP contribution in [0.15, 0.2) is 84.9 Å². The van der Waals surface area contributed by atoms with Crippen LogP contribution in [0.1, 0.15) is 15.9 Å². The molecular formula is C26H22N2O6. The van der Waals surface area contributed by atoms with Crippen LogP contribution in [0.3, 0.4) is 0 Å². The van der Waals surface area contributed by atoms with Crippen molar-refractivity contribution < 1.29 is 28.5 Å². The van der Waals surface area contributed by atoms with E-state index in [2.05, 4.69) is 9.97 Å². The highest BCUT2D eigenvalue weighted by Gasteiger charge is 2.17. The van der Waals surface area contributed by atoms with Gasteiger partial charge in [0.2, 0.25) is 11.8 Å². The van der Waals surface area contributed by atoms with Gasteiger partial charge in [0.15, 0.2) is 11.5 Å². The van der Waals surface area contributed by atoms with Gasteiger partial charge in [-0.2, -0.15) is 9.97 Å². The summed E-state index contributed by atoms with van der Waals surface area (Å²) in [5.74, 6) is 1.08. The summed E-state index contributed by atoms with van der Waals surface area (Å²) in [5, 5.41) is 0. The van der Waals surface area contributed by atoms with Crippen LogP contribution in [0.25, 0.3) is 0 Å². The summed E-state index contributed by atoms with van der Waals surface area (Å²) in [6.07, 6.45) is 0. The summed E-state index contributed by atoms with van der Waals surface area (Å²) < 4.78 is 27.7. The lowest BCUT2D eigenvalue weighted by molar-refractivity contribution is 0.0469. The minimum Gasteiger partial charge on any atom is -0.481 e. The fourth-order valence-electron chi connectivity index (χ4n) is 3.00. The molecule has 0 bridgehead atoms. The molecule has 0 saturated carbocycles. The number of para-hydroxylation sites is 3.